The van der Waals surface area contributed by atoms with Crippen molar-refractivity contribution < 1.29 is 9.47 Å². The number of hydrogen-bond acceptors (Lipinski definition) is 5. The smallest absolute Gasteiger partial charge is 0.161 e. The van der Waals surface area contributed by atoms with Gasteiger partial charge in [-0.1, -0.05) is 12.1 Å². The topological polar surface area (TPSA) is 69.2 Å². The van der Waals surface area contributed by atoms with E-state index in [1.807, 2.05) is 36.4 Å². The summed E-state index contributed by atoms with van der Waals surface area (Å²) in [5, 5.41) is 8.47. The first-order chi connectivity index (χ1) is 10.7. The predicted molar refractivity (Wildman–Crippen MR) is 88.2 cm³/mol. The Morgan fingerprint density at radius 3 is 2.36 bits per heavy atom. The highest BCUT2D eigenvalue weighted by Crippen LogP contribution is 2.32. The molecule has 0 aliphatic carbocycles. The maximum atomic E-state index is 5.76. The highest BCUT2D eigenvalue weighted by molar-refractivity contribution is 6.14. The van der Waals surface area contributed by atoms with Crippen molar-refractivity contribution in [3.63, 3.8) is 0 Å². The first-order valence-corrected chi connectivity index (χ1v) is 6.93. The Hall–Kier alpha value is -2.82. The van der Waals surface area contributed by atoms with Gasteiger partial charge in [-0.3, -0.25) is 0 Å². The number of rotatable bonds is 3. The van der Waals surface area contributed by atoms with E-state index in [1.165, 1.54) is 0 Å². The number of nitrogen functional groups attached to an aromatic ring is 1. The van der Waals surface area contributed by atoms with Gasteiger partial charge in [0.25, 0.3) is 0 Å². The normalized spacial score (nSPS) is 13.1. The lowest BCUT2D eigenvalue weighted by atomic mass is 9.95. The van der Waals surface area contributed by atoms with Crippen LogP contribution >= 0.6 is 0 Å². The monoisotopic (exact) mass is 295 g/mol. The fraction of sp³-hybridized carbons (Fsp3) is 0.176. The van der Waals surface area contributed by atoms with Gasteiger partial charge in [0.15, 0.2) is 11.5 Å². The van der Waals surface area contributed by atoms with E-state index in [9.17, 15) is 0 Å². The van der Waals surface area contributed by atoms with E-state index in [1.54, 1.807) is 20.4 Å². The summed E-state index contributed by atoms with van der Waals surface area (Å²) in [5.41, 5.74) is 10.3. The minimum atomic E-state index is 0.672. The van der Waals surface area contributed by atoms with Crippen LogP contribution in [0.1, 0.15) is 16.7 Å². The molecule has 0 bridgehead atoms. The second-order valence-corrected chi connectivity index (χ2v) is 4.94. The van der Waals surface area contributed by atoms with Gasteiger partial charge in [-0.05, 0) is 29.8 Å². The van der Waals surface area contributed by atoms with E-state index >= 15 is 0 Å². The number of methoxy groups -OCH3 is 2. The summed E-state index contributed by atoms with van der Waals surface area (Å²) in [6.45, 7) is 0. The van der Waals surface area contributed by atoms with Crippen molar-refractivity contribution in [2.45, 2.75) is 6.42 Å². The molecule has 2 aromatic carbocycles. The van der Waals surface area contributed by atoms with Gasteiger partial charge in [-0.2, -0.15) is 10.2 Å². The van der Waals surface area contributed by atoms with Crippen LogP contribution < -0.4 is 15.2 Å². The highest BCUT2D eigenvalue weighted by atomic mass is 16.5. The lowest BCUT2D eigenvalue weighted by Gasteiger charge is -2.14. The lowest BCUT2D eigenvalue weighted by Crippen LogP contribution is -2.07. The average molecular weight is 295 g/mol. The Labute approximate surface area is 129 Å². The number of benzene rings is 2. The zero-order valence-electron chi connectivity index (χ0n) is 12.5. The molecule has 1 heterocycles. The summed E-state index contributed by atoms with van der Waals surface area (Å²) in [6, 6.07) is 11.5. The first-order valence-electron chi connectivity index (χ1n) is 6.93. The molecular weight excluding hydrogens is 278 g/mol. The van der Waals surface area contributed by atoms with Crippen molar-refractivity contribution in [3.8, 4) is 11.5 Å². The molecule has 1 aliphatic heterocycles. The molecule has 0 spiro atoms. The fourth-order valence-corrected chi connectivity index (χ4v) is 2.46. The summed E-state index contributed by atoms with van der Waals surface area (Å²) < 4.78 is 10.8. The molecule has 0 amide bonds. The van der Waals surface area contributed by atoms with Crippen molar-refractivity contribution in [1.82, 2.24) is 0 Å². The standard InChI is InChI=1S/C17H17N3O2/c1-21-15-9-12-7-8-19-20-17(14(12)10-16(15)22-2)11-3-5-13(18)6-4-11/h3-6,8-10H,7,18H2,1-2H3. The predicted octanol–water partition coefficient (Wildman–Crippen LogP) is 2.67. The molecule has 3 rings (SSSR count). The van der Waals surface area contributed by atoms with Crippen molar-refractivity contribution in [3.05, 3.63) is 53.1 Å². The van der Waals surface area contributed by atoms with Gasteiger partial charge in [0.1, 0.15) is 5.71 Å². The average Bonchev–Trinajstić information content (AvgIpc) is 2.76. The van der Waals surface area contributed by atoms with Gasteiger partial charge >= 0.3 is 0 Å². The quantitative estimate of drug-likeness (QED) is 0.885. The van der Waals surface area contributed by atoms with Crippen molar-refractivity contribution >= 4 is 17.6 Å². The number of nitrogens with two attached hydrogens (primary N) is 1. The van der Waals surface area contributed by atoms with Crippen molar-refractivity contribution in [1.29, 1.82) is 0 Å². The molecular formula is C17H17N3O2. The summed E-state index contributed by atoms with van der Waals surface area (Å²) >= 11 is 0. The number of fused-ring (bicyclic) bond motifs is 1. The number of anilines is 1. The summed E-state index contributed by atoms with van der Waals surface area (Å²) in [5.74, 6) is 1.37. The molecule has 22 heavy (non-hydrogen) atoms. The van der Waals surface area contributed by atoms with Crippen LogP contribution in [-0.2, 0) is 6.42 Å². The Kier molecular flexibility index (Phi) is 3.78. The Morgan fingerprint density at radius 2 is 1.68 bits per heavy atom. The van der Waals surface area contributed by atoms with E-state index in [2.05, 4.69) is 10.2 Å². The lowest BCUT2D eigenvalue weighted by molar-refractivity contribution is 0.354. The van der Waals surface area contributed by atoms with Crippen molar-refractivity contribution in [2.24, 2.45) is 10.2 Å². The molecule has 0 radical (unpaired) electrons. The number of ether oxygens (including phenoxy) is 2. The fourth-order valence-electron chi connectivity index (χ4n) is 2.46. The Bertz CT molecular complexity index is 749. The molecule has 0 unspecified atom stereocenters. The van der Waals surface area contributed by atoms with Crippen LogP contribution in [0.15, 0.2) is 46.6 Å². The summed E-state index contributed by atoms with van der Waals surface area (Å²) in [4.78, 5) is 0. The van der Waals surface area contributed by atoms with Crippen LogP contribution in [0.3, 0.4) is 0 Å². The Balaban J connectivity index is 2.16. The molecule has 5 nitrogen and oxygen atoms in total. The number of hydrogen-bond donors (Lipinski definition) is 1. The second-order valence-electron chi connectivity index (χ2n) is 4.94. The summed E-state index contributed by atoms with van der Waals surface area (Å²) in [6.07, 6.45) is 2.48. The van der Waals surface area contributed by atoms with Gasteiger partial charge in [-0.25, -0.2) is 0 Å². The minimum Gasteiger partial charge on any atom is -0.493 e. The van der Waals surface area contributed by atoms with Crippen molar-refractivity contribution in [2.75, 3.05) is 20.0 Å². The maximum Gasteiger partial charge on any atom is 0.161 e. The van der Waals surface area contributed by atoms with E-state index in [0.29, 0.717) is 23.6 Å². The molecule has 0 fully saturated rings. The van der Waals surface area contributed by atoms with Gasteiger partial charge in [-0.15, -0.1) is 0 Å². The third-order valence-electron chi connectivity index (χ3n) is 3.60. The van der Waals surface area contributed by atoms with Gasteiger partial charge in [0.05, 0.1) is 14.2 Å². The SMILES string of the molecule is COc1cc2c(cc1OC)C(c1ccc(N)cc1)=NN=CC2. The van der Waals surface area contributed by atoms with Crippen LogP contribution in [0, 0.1) is 0 Å². The van der Waals surface area contributed by atoms with E-state index < -0.39 is 0 Å². The third kappa shape index (κ3) is 2.53. The van der Waals surface area contributed by atoms with E-state index in [0.717, 1.165) is 22.4 Å². The van der Waals surface area contributed by atoms with Gasteiger partial charge < -0.3 is 15.2 Å². The molecule has 112 valence electrons. The van der Waals surface area contributed by atoms with Crippen LogP contribution in [0.4, 0.5) is 5.69 Å². The molecule has 0 saturated carbocycles. The largest absolute Gasteiger partial charge is 0.493 e. The molecule has 2 N–H and O–H groups in total. The third-order valence-corrected chi connectivity index (χ3v) is 3.60. The first kappa shape index (κ1) is 14.1. The summed E-state index contributed by atoms with van der Waals surface area (Å²) in [7, 11) is 3.25. The van der Waals surface area contributed by atoms with Gasteiger partial charge in [0.2, 0.25) is 0 Å². The molecule has 0 aromatic heterocycles. The highest BCUT2D eigenvalue weighted by Gasteiger charge is 2.18. The molecule has 0 saturated heterocycles. The van der Waals surface area contributed by atoms with Crippen LogP contribution in [0.25, 0.3) is 0 Å². The zero-order chi connectivity index (χ0) is 15.5. The maximum absolute atomic E-state index is 5.76. The molecule has 0 atom stereocenters. The Morgan fingerprint density at radius 1 is 1.00 bits per heavy atom. The zero-order valence-corrected chi connectivity index (χ0v) is 12.5. The molecule has 2 aromatic rings. The molecule has 1 aliphatic rings. The molecule has 5 heteroatoms. The minimum absolute atomic E-state index is 0.672. The van der Waals surface area contributed by atoms with E-state index in [4.69, 9.17) is 15.2 Å². The number of nitrogens with zero attached hydrogens (tertiary/aromatic N) is 2. The van der Waals surface area contributed by atoms with E-state index in [-0.39, 0.29) is 0 Å². The second kappa shape index (κ2) is 5.89. The van der Waals surface area contributed by atoms with Crippen LogP contribution in [-0.4, -0.2) is 26.1 Å². The van der Waals surface area contributed by atoms with Crippen LogP contribution in [0.2, 0.25) is 0 Å². The van der Waals surface area contributed by atoms with Gasteiger partial charge in [0, 0.05) is 29.4 Å². The van der Waals surface area contributed by atoms with Crippen LogP contribution in [0.5, 0.6) is 11.5 Å².